The lowest BCUT2D eigenvalue weighted by atomic mass is 9.56. The van der Waals surface area contributed by atoms with Crippen molar-refractivity contribution in [2.45, 2.75) is 37.9 Å². The Morgan fingerprint density at radius 2 is 0.953 bits per heavy atom. The van der Waals surface area contributed by atoms with Crippen molar-refractivity contribution in [2.75, 3.05) is 44.1 Å². The minimum absolute atomic E-state index is 0.342. The maximum Gasteiger partial charge on any atom is 0.184 e. The van der Waals surface area contributed by atoms with E-state index in [1.807, 2.05) is 0 Å². The second-order valence-electron chi connectivity index (χ2n) is 12.1. The molecule has 9 rings (SSSR count). The van der Waals surface area contributed by atoms with Crippen LogP contribution in [0, 0.1) is 0 Å². The van der Waals surface area contributed by atoms with Gasteiger partial charge in [-0.15, -0.1) is 0 Å². The number of ether oxygens (including phenoxy) is 1. The highest BCUT2D eigenvalue weighted by atomic mass is 16.6. The van der Waals surface area contributed by atoms with Crippen LogP contribution in [0.5, 0.6) is 0 Å². The van der Waals surface area contributed by atoms with Gasteiger partial charge in [0.2, 0.25) is 0 Å². The lowest BCUT2D eigenvalue weighted by Gasteiger charge is -2.58. The van der Waals surface area contributed by atoms with Gasteiger partial charge in [-0.2, -0.15) is 0 Å². The number of rotatable bonds is 6. The molecule has 6 aromatic carbocycles. The third-order valence-electron chi connectivity index (χ3n) is 9.91. The van der Waals surface area contributed by atoms with Gasteiger partial charge < -0.3 is 19.6 Å². The molecule has 2 unspecified atom stereocenters. The summed E-state index contributed by atoms with van der Waals surface area (Å²) < 4.78 is 5.15. The summed E-state index contributed by atoms with van der Waals surface area (Å²) in [5.41, 5.74) is 5.56. The molecule has 0 amide bonds. The van der Waals surface area contributed by atoms with E-state index in [-0.39, 0.29) is 0 Å². The lowest BCUT2D eigenvalue weighted by molar-refractivity contribution is -0.393. The summed E-state index contributed by atoms with van der Waals surface area (Å²) in [4.78, 5) is 4.72. The predicted octanol–water partition coefficient (Wildman–Crippen LogP) is 7.98. The van der Waals surface area contributed by atoms with Crippen LogP contribution in [0.4, 0.5) is 11.4 Å². The number of benzene rings is 6. The van der Waals surface area contributed by atoms with E-state index in [1.54, 1.807) is 0 Å². The minimum Gasteiger partial charge on any atom is -0.426 e. The molecule has 2 saturated heterocycles. The largest absolute Gasteiger partial charge is 0.426 e. The summed E-state index contributed by atoms with van der Waals surface area (Å²) in [5, 5.41) is 17.7. The molecule has 0 radical (unpaired) electrons. The molecule has 2 atom stereocenters. The fraction of sp³-hybridized carbons (Fsp3) is 0.282. The molecule has 4 nitrogen and oxygen atoms in total. The van der Waals surface area contributed by atoms with E-state index in [2.05, 4.69) is 135 Å². The predicted molar refractivity (Wildman–Crippen MR) is 184 cm³/mol. The highest BCUT2D eigenvalue weighted by molar-refractivity contribution is 6.07. The van der Waals surface area contributed by atoms with Gasteiger partial charge in [-0.25, -0.2) is 0 Å². The average Bonchev–Trinajstić information content (AvgIpc) is 3.00. The Labute approximate surface area is 254 Å². The normalized spacial score (nSPS) is 20.4. The Balaban J connectivity index is 0.00000147. The maximum atomic E-state index is 7.00. The molecule has 1 saturated carbocycles. The molecular formula is C39H41N2O2+. The van der Waals surface area contributed by atoms with Crippen molar-refractivity contribution < 1.29 is 9.84 Å². The zero-order valence-electron chi connectivity index (χ0n) is 25.8. The van der Waals surface area contributed by atoms with Crippen LogP contribution in [0.2, 0.25) is 0 Å². The van der Waals surface area contributed by atoms with Crippen LogP contribution in [0.25, 0.3) is 43.1 Å². The first-order chi connectivity index (χ1) is 21.1. The number of fused-ring (bicyclic) bond motifs is 4. The maximum absolute atomic E-state index is 7.00. The number of hydrogen-bond donors (Lipinski definition) is 1. The van der Waals surface area contributed by atoms with Crippen molar-refractivity contribution in [3.63, 3.8) is 0 Å². The number of hydrogen-bond acceptors (Lipinski definition) is 3. The van der Waals surface area contributed by atoms with Gasteiger partial charge in [-0.1, -0.05) is 60.7 Å². The topological polar surface area (TPSA) is 39.5 Å². The van der Waals surface area contributed by atoms with Gasteiger partial charge in [0.25, 0.3) is 0 Å². The Morgan fingerprint density at radius 3 is 1.35 bits per heavy atom. The number of anilines is 2. The van der Waals surface area contributed by atoms with Crippen LogP contribution < -0.4 is 9.80 Å². The summed E-state index contributed by atoms with van der Waals surface area (Å²) in [6, 6.07) is 36.7. The van der Waals surface area contributed by atoms with Gasteiger partial charge in [0.05, 0.1) is 0 Å². The molecular weight excluding hydrogens is 528 g/mol. The quantitative estimate of drug-likeness (QED) is 0.163. The van der Waals surface area contributed by atoms with Gasteiger partial charge >= 0.3 is 0 Å². The molecule has 2 N–H and O–H groups in total. The van der Waals surface area contributed by atoms with Crippen LogP contribution in [0.3, 0.4) is 0 Å². The SMILES string of the molecule is CCN(CC)c1ccc(C2C3[OH+]C2C3c2ccc(N(C)C)c3cc4ccccc4cc23)c2cc3ccccc3cc12.CO. The third-order valence-corrected chi connectivity index (χ3v) is 9.91. The van der Waals surface area contributed by atoms with Crippen LogP contribution >= 0.6 is 0 Å². The standard InChI is InChI=1S/C38H36N2O.CH4O/c1-5-40(6-2)34-18-16-28(30-20-24-12-8-10-14-26(24)22-32(30)34)36-37-35(38(36)41-37)27-15-17-33(39(3)4)31-21-25-13-9-7-11-23(25)19-29(27)31;1-2/h7-22,35-38H,5-6H2,1-4H3;2H,1H3/p+1. The van der Waals surface area contributed by atoms with Gasteiger partial charge in [0.15, 0.2) is 12.2 Å². The first-order valence-corrected chi connectivity index (χ1v) is 15.5. The van der Waals surface area contributed by atoms with Gasteiger partial charge in [0, 0.05) is 56.4 Å². The smallest absolute Gasteiger partial charge is 0.184 e. The van der Waals surface area contributed by atoms with Crippen molar-refractivity contribution in [1.29, 1.82) is 0 Å². The van der Waals surface area contributed by atoms with Crippen LogP contribution in [-0.4, -0.2) is 56.3 Å². The van der Waals surface area contributed by atoms with Crippen molar-refractivity contribution >= 4 is 54.5 Å². The van der Waals surface area contributed by atoms with Crippen LogP contribution in [0.1, 0.15) is 36.8 Å². The monoisotopic (exact) mass is 569 g/mol. The molecule has 43 heavy (non-hydrogen) atoms. The minimum atomic E-state index is 0.342. The first-order valence-electron chi connectivity index (χ1n) is 15.5. The highest BCUT2D eigenvalue weighted by Crippen LogP contribution is 2.62. The molecule has 0 aromatic heterocycles. The van der Waals surface area contributed by atoms with E-state index in [4.69, 9.17) is 9.84 Å². The van der Waals surface area contributed by atoms with E-state index in [0.29, 0.717) is 24.0 Å². The summed E-state index contributed by atoms with van der Waals surface area (Å²) in [7, 11) is 5.29. The van der Waals surface area contributed by atoms with E-state index in [9.17, 15) is 0 Å². The zero-order valence-corrected chi connectivity index (χ0v) is 25.8. The Kier molecular flexibility index (Phi) is 6.99. The highest BCUT2D eigenvalue weighted by Gasteiger charge is 2.72. The summed E-state index contributed by atoms with van der Waals surface area (Å²) in [6.45, 7) is 6.52. The van der Waals surface area contributed by atoms with Crippen molar-refractivity contribution in [3.05, 3.63) is 108 Å². The molecule has 3 aliphatic rings. The lowest BCUT2D eigenvalue weighted by Crippen LogP contribution is -2.70. The molecule has 2 bridgehead atoms. The molecule has 3 fully saturated rings. The van der Waals surface area contributed by atoms with E-state index in [0.717, 1.165) is 20.2 Å². The molecule has 1 aliphatic carbocycles. The summed E-state index contributed by atoms with van der Waals surface area (Å²) >= 11 is 0. The van der Waals surface area contributed by atoms with Gasteiger partial charge in [0.1, 0.15) is 11.8 Å². The zero-order chi connectivity index (χ0) is 29.8. The Morgan fingerprint density at radius 1 is 0.558 bits per heavy atom. The van der Waals surface area contributed by atoms with Crippen molar-refractivity contribution in [1.82, 2.24) is 0 Å². The van der Waals surface area contributed by atoms with Crippen molar-refractivity contribution in [2.24, 2.45) is 0 Å². The number of aliphatic hydroxyl groups is 3. The first kappa shape index (κ1) is 27.7. The second-order valence-corrected chi connectivity index (χ2v) is 12.1. The number of nitrogens with zero attached hydrogens (tertiary/aromatic N) is 2. The second kappa shape index (κ2) is 10.9. The Hall–Kier alpha value is -4.12. The van der Waals surface area contributed by atoms with Gasteiger partial charge in [-0.3, -0.25) is 0 Å². The van der Waals surface area contributed by atoms with Gasteiger partial charge in [-0.05, 0) is 93.7 Å². The van der Waals surface area contributed by atoms with E-state index >= 15 is 0 Å². The molecule has 6 aromatic rings. The molecule has 0 spiro atoms. The van der Waals surface area contributed by atoms with Crippen LogP contribution in [0.15, 0.2) is 97.1 Å². The fourth-order valence-electron chi connectivity index (χ4n) is 7.70. The van der Waals surface area contributed by atoms with E-state index in [1.165, 1.54) is 65.6 Å². The van der Waals surface area contributed by atoms with Crippen LogP contribution in [-0.2, 0) is 0 Å². The molecule has 4 heteroatoms. The Bertz CT molecular complexity index is 1970. The number of aliphatic hydroxyl groups excluding tert-OH is 1. The molecule has 218 valence electrons. The molecule has 2 aliphatic heterocycles. The molecule has 2 heterocycles. The summed E-state index contributed by atoms with van der Waals surface area (Å²) in [5.74, 6) is 0.969. The van der Waals surface area contributed by atoms with Crippen molar-refractivity contribution in [3.8, 4) is 0 Å². The third kappa shape index (κ3) is 4.19. The summed E-state index contributed by atoms with van der Waals surface area (Å²) in [6.07, 6.45) is 0.683. The fourth-order valence-corrected chi connectivity index (χ4v) is 7.70. The average molecular weight is 570 g/mol. The van der Waals surface area contributed by atoms with E-state index < -0.39 is 0 Å².